The van der Waals surface area contributed by atoms with Crippen LogP contribution in [0, 0.1) is 22.7 Å². The van der Waals surface area contributed by atoms with E-state index in [4.69, 9.17) is 56.1 Å². The summed E-state index contributed by atoms with van der Waals surface area (Å²) in [6, 6.07) is -3.56. The topological polar surface area (TPSA) is 331 Å². The smallest absolute Gasteiger partial charge is 0.107 e. The Morgan fingerprint density at radius 3 is 1.52 bits per heavy atom. The standard InChI is InChI=1S/C37H72N4O15.2CH4/c1-18-20(8-42)54-36(6,28(39)26(18)46)16-51-14-34(4)23(10-44)53-22(25(38)31(34)48)13-50-12-19-21(9-43)55-37(7,29(40)27(19)47)17-52-15-35(5)24(11-45)56-33(2,3)30(41)32(35)49;;/h18-32,42-49H,8-17,38-41H2,1-7H3;2*1H4. The molecule has 4 rings (SSSR count). The quantitative estimate of drug-likeness (QED) is 0.0719. The summed E-state index contributed by atoms with van der Waals surface area (Å²) in [5.41, 5.74) is 20.0. The molecule has 58 heavy (non-hydrogen) atoms. The van der Waals surface area contributed by atoms with Gasteiger partial charge in [-0.1, -0.05) is 35.6 Å². The van der Waals surface area contributed by atoms with Gasteiger partial charge in [0.15, 0.2) is 0 Å². The van der Waals surface area contributed by atoms with Crippen molar-refractivity contribution in [2.45, 2.75) is 159 Å². The lowest BCUT2D eigenvalue weighted by atomic mass is 9.70. The second-order valence-electron chi connectivity index (χ2n) is 18.1. The Morgan fingerprint density at radius 2 is 1.02 bits per heavy atom. The Labute approximate surface area is 344 Å². The van der Waals surface area contributed by atoms with E-state index in [1.165, 1.54) is 0 Å². The minimum absolute atomic E-state index is 0. The number of rotatable bonds is 16. The minimum Gasteiger partial charge on any atom is -0.394 e. The molecule has 19 atom stereocenters. The Morgan fingerprint density at radius 1 is 0.534 bits per heavy atom. The van der Waals surface area contributed by atoms with Crippen LogP contribution in [-0.2, 0) is 33.2 Å². The Kier molecular flexibility index (Phi) is 19.0. The van der Waals surface area contributed by atoms with Gasteiger partial charge in [0.2, 0.25) is 0 Å². The third kappa shape index (κ3) is 10.2. The molecular formula is C39H80N4O15. The number of hydrogen-bond acceptors (Lipinski definition) is 19. The van der Waals surface area contributed by atoms with Crippen LogP contribution in [0.5, 0.6) is 0 Å². The molecule has 4 fully saturated rings. The second-order valence-corrected chi connectivity index (χ2v) is 18.1. The highest BCUT2D eigenvalue weighted by molar-refractivity contribution is 5.07. The van der Waals surface area contributed by atoms with Gasteiger partial charge in [-0.15, -0.1) is 0 Å². The Hall–Kier alpha value is -0.760. The maximum Gasteiger partial charge on any atom is 0.107 e. The molecule has 4 heterocycles. The lowest BCUT2D eigenvalue weighted by Crippen LogP contribution is -2.70. The summed E-state index contributed by atoms with van der Waals surface area (Å²) in [5, 5.41) is 85.1. The molecular weight excluding hydrogens is 764 g/mol. The summed E-state index contributed by atoms with van der Waals surface area (Å²) < 4.78 is 42.4. The molecule has 0 aliphatic carbocycles. The van der Waals surface area contributed by atoms with Gasteiger partial charge in [-0.25, -0.2) is 0 Å². The molecule has 0 aromatic rings. The van der Waals surface area contributed by atoms with E-state index in [1.807, 2.05) is 0 Å². The molecule has 0 radical (unpaired) electrons. The Bertz CT molecular complexity index is 1250. The molecule has 0 aromatic heterocycles. The van der Waals surface area contributed by atoms with Crippen molar-refractivity contribution in [3.63, 3.8) is 0 Å². The van der Waals surface area contributed by atoms with E-state index in [1.54, 1.807) is 48.5 Å². The van der Waals surface area contributed by atoms with E-state index >= 15 is 0 Å². The van der Waals surface area contributed by atoms with Gasteiger partial charge in [0.25, 0.3) is 0 Å². The molecule has 16 N–H and O–H groups in total. The fraction of sp³-hybridized carbons (Fsp3) is 1.00. The van der Waals surface area contributed by atoms with Crippen LogP contribution in [0.4, 0.5) is 0 Å². The molecule has 0 amide bonds. The summed E-state index contributed by atoms with van der Waals surface area (Å²) in [5.74, 6) is -1.18. The van der Waals surface area contributed by atoms with Crippen molar-refractivity contribution in [3.8, 4) is 0 Å². The summed E-state index contributed by atoms with van der Waals surface area (Å²) >= 11 is 0. The maximum atomic E-state index is 11.4. The minimum atomic E-state index is -1.28. The van der Waals surface area contributed by atoms with Crippen LogP contribution in [0.15, 0.2) is 0 Å². The van der Waals surface area contributed by atoms with Crippen molar-refractivity contribution >= 4 is 0 Å². The number of aliphatic hydroxyl groups excluding tert-OH is 8. The fourth-order valence-electron chi connectivity index (χ4n) is 8.76. The first-order chi connectivity index (χ1) is 26.0. The van der Waals surface area contributed by atoms with Crippen molar-refractivity contribution in [2.24, 2.45) is 45.6 Å². The second kappa shape index (κ2) is 20.6. The highest BCUT2D eigenvalue weighted by atomic mass is 16.6. The van der Waals surface area contributed by atoms with Gasteiger partial charge in [0, 0.05) is 22.7 Å². The molecule has 4 saturated heterocycles. The molecule has 0 bridgehead atoms. The fourth-order valence-corrected chi connectivity index (χ4v) is 8.76. The van der Waals surface area contributed by atoms with Crippen molar-refractivity contribution in [2.75, 3.05) is 66.1 Å². The molecule has 0 saturated carbocycles. The van der Waals surface area contributed by atoms with Crippen LogP contribution >= 0.6 is 0 Å². The summed E-state index contributed by atoms with van der Waals surface area (Å²) in [7, 11) is 0. The zero-order valence-electron chi connectivity index (χ0n) is 34.0. The average molecular weight is 845 g/mol. The van der Waals surface area contributed by atoms with Gasteiger partial charge in [-0.2, -0.15) is 0 Å². The van der Waals surface area contributed by atoms with Gasteiger partial charge >= 0.3 is 0 Å². The molecule has 19 heteroatoms. The molecule has 19 unspecified atom stereocenters. The molecule has 0 spiro atoms. The molecule has 4 aliphatic heterocycles. The third-order valence-electron chi connectivity index (χ3n) is 13.5. The highest BCUT2D eigenvalue weighted by Crippen LogP contribution is 2.42. The summed E-state index contributed by atoms with van der Waals surface area (Å²) in [4.78, 5) is 0. The van der Waals surface area contributed by atoms with Crippen LogP contribution in [0.25, 0.3) is 0 Å². The zero-order valence-corrected chi connectivity index (χ0v) is 34.0. The molecule has 346 valence electrons. The lowest BCUT2D eigenvalue weighted by molar-refractivity contribution is -0.263. The van der Waals surface area contributed by atoms with Crippen molar-refractivity contribution < 1.29 is 74.0 Å². The van der Waals surface area contributed by atoms with Gasteiger partial charge in [0.05, 0.1) is 151 Å². The lowest BCUT2D eigenvalue weighted by Gasteiger charge is -2.54. The SMILES string of the molecule is C.C.CC1C(CO)OC(C)(COCC2(C)C(CO)OC(COCC3C(CO)OC(C)(COCC4(C)C(CO)OC(C)(C)C(N)C4O)C(N)C3O)C(N)C2O)C(N)C1O. The van der Waals surface area contributed by atoms with Gasteiger partial charge in [-0.3, -0.25) is 0 Å². The molecule has 0 aromatic carbocycles. The predicted octanol–water partition coefficient (Wildman–Crippen LogP) is -3.44. The van der Waals surface area contributed by atoms with Crippen LogP contribution in [0.2, 0.25) is 0 Å². The van der Waals surface area contributed by atoms with Crippen molar-refractivity contribution in [3.05, 3.63) is 0 Å². The van der Waals surface area contributed by atoms with Gasteiger partial charge in [-0.05, 0) is 27.7 Å². The van der Waals surface area contributed by atoms with Crippen LogP contribution in [0.3, 0.4) is 0 Å². The normalized spacial score (nSPS) is 48.2. The molecule has 4 aliphatic rings. The summed E-state index contributed by atoms with van der Waals surface area (Å²) in [6.07, 6.45) is -8.63. The van der Waals surface area contributed by atoms with Crippen LogP contribution < -0.4 is 22.9 Å². The number of aliphatic hydroxyl groups is 8. The van der Waals surface area contributed by atoms with Gasteiger partial charge in [0.1, 0.15) is 11.2 Å². The predicted molar refractivity (Wildman–Crippen MR) is 213 cm³/mol. The van der Waals surface area contributed by atoms with Crippen molar-refractivity contribution in [1.29, 1.82) is 0 Å². The van der Waals surface area contributed by atoms with Crippen molar-refractivity contribution in [1.82, 2.24) is 0 Å². The first-order valence-electron chi connectivity index (χ1n) is 19.6. The third-order valence-corrected chi connectivity index (χ3v) is 13.5. The van der Waals surface area contributed by atoms with E-state index in [-0.39, 0.29) is 67.7 Å². The molecule has 19 nitrogen and oxygen atoms in total. The number of ether oxygens (including phenoxy) is 7. The first-order valence-corrected chi connectivity index (χ1v) is 19.6. The number of hydrogen-bond donors (Lipinski definition) is 12. The first kappa shape index (κ1) is 53.4. The van der Waals surface area contributed by atoms with E-state index in [9.17, 15) is 40.9 Å². The van der Waals surface area contributed by atoms with Crippen LogP contribution in [-0.4, -0.2) is 203 Å². The average Bonchev–Trinajstić information content (AvgIpc) is 3.16. The van der Waals surface area contributed by atoms with E-state index in [2.05, 4.69) is 0 Å². The largest absolute Gasteiger partial charge is 0.394 e. The monoisotopic (exact) mass is 845 g/mol. The number of nitrogens with two attached hydrogens (primary N) is 4. The van der Waals surface area contributed by atoms with E-state index < -0.39 is 132 Å². The highest BCUT2D eigenvalue weighted by Gasteiger charge is 2.57. The van der Waals surface area contributed by atoms with Gasteiger partial charge < -0.3 is 96.9 Å². The van der Waals surface area contributed by atoms with Crippen LogP contribution in [0.1, 0.15) is 63.3 Å². The van der Waals surface area contributed by atoms with E-state index in [0.717, 1.165) is 0 Å². The Balaban J connectivity index is 0.00000580. The summed E-state index contributed by atoms with van der Waals surface area (Å²) in [6.45, 7) is 9.59. The zero-order chi connectivity index (χ0) is 42.2. The van der Waals surface area contributed by atoms with E-state index in [0.29, 0.717) is 0 Å². The maximum absolute atomic E-state index is 11.4.